The van der Waals surface area contributed by atoms with Crippen molar-refractivity contribution in [2.45, 2.75) is 6.92 Å². The molecule has 0 spiro atoms. The maximum atomic E-state index is 10.1. The fraction of sp³-hybridized carbons (Fsp3) is 0.143. The number of hydrogen-bond donors (Lipinski definition) is 1. The van der Waals surface area contributed by atoms with Crippen molar-refractivity contribution in [3.8, 4) is 33.4 Å². The summed E-state index contributed by atoms with van der Waals surface area (Å²) in [7, 11) is 1.55. The molecule has 0 radical (unpaired) electrons. The average molecular weight is 288 g/mol. The van der Waals surface area contributed by atoms with Crippen LogP contribution >= 0.6 is 11.3 Å². The van der Waals surface area contributed by atoms with Crippen molar-refractivity contribution >= 4 is 11.3 Å². The minimum Gasteiger partial charge on any atom is -0.507 e. The lowest BCUT2D eigenvalue weighted by Crippen LogP contribution is -1.85. The molecular weight excluding hydrogens is 276 g/mol. The Morgan fingerprint density at radius 2 is 2.15 bits per heavy atom. The van der Waals surface area contributed by atoms with Crippen molar-refractivity contribution < 1.29 is 14.4 Å². The first-order chi connectivity index (χ1) is 9.69. The van der Waals surface area contributed by atoms with Crippen LogP contribution in [0.1, 0.15) is 5.69 Å². The molecule has 3 rings (SSSR count). The molecular formula is C14H12N2O3S. The van der Waals surface area contributed by atoms with Crippen molar-refractivity contribution in [2.24, 2.45) is 0 Å². The van der Waals surface area contributed by atoms with Gasteiger partial charge in [-0.05, 0) is 19.1 Å². The van der Waals surface area contributed by atoms with E-state index in [1.54, 1.807) is 25.4 Å². The van der Waals surface area contributed by atoms with Crippen LogP contribution in [0, 0.1) is 6.92 Å². The first-order valence-corrected chi connectivity index (χ1v) is 6.81. The van der Waals surface area contributed by atoms with Crippen LogP contribution in [0.5, 0.6) is 11.5 Å². The van der Waals surface area contributed by atoms with Gasteiger partial charge in [-0.15, -0.1) is 11.3 Å². The van der Waals surface area contributed by atoms with E-state index in [1.807, 2.05) is 12.3 Å². The van der Waals surface area contributed by atoms with Gasteiger partial charge in [-0.2, -0.15) is 0 Å². The highest BCUT2D eigenvalue weighted by Crippen LogP contribution is 2.39. The fourth-order valence-corrected chi connectivity index (χ4v) is 2.70. The van der Waals surface area contributed by atoms with E-state index >= 15 is 0 Å². The molecule has 3 aromatic rings. The number of ether oxygens (including phenoxy) is 1. The van der Waals surface area contributed by atoms with Crippen LogP contribution in [0.25, 0.3) is 21.9 Å². The number of aromatic hydroxyl groups is 1. The Labute approximate surface area is 119 Å². The number of hydrogen-bond acceptors (Lipinski definition) is 6. The SMILES string of the molecule is COc1ccc(-c2oncc2-c2nc(C)cs2)c(O)c1. The van der Waals surface area contributed by atoms with Crippen LogP contribution in [0.2, 0.25) is 0 Å². The molecule has 0 saturated carbocycles. The Hall–Kier alpha value is -2.34. The Morgan fingerprint density at radius 1 is 1.30 bits per heavy atom. The van der Waals surface area contributed by atoms with E-state index in [0.29, 0.717) is 17.1 Å². The van der Waals surface area contributed by atoms with E-state index in [9.17, 15) is 5.11 Å². The van der Waals surface area contributed by atoms with E-state index in [4.69, 9.17) is 9.26 Å². The van der Waals surface area contributed by atoms with Gasteiger partial charge >= 0.3 is 0 Å². The number of aromatic nitrogens is 2. The van der Waals surface area contributed by atoms with Crippen LogP contribution in [-0.2, 0) is 0 Å². The molecule has 0 saturated heterocycles. The Kier molecular flexibility index (Phi) is 3.15. The Morgan fingerprint density at radius 3 is 2.80 bits per heavy atom. The third-order valence-electron chi connectivity index (χ3n) is 2.87. The molecule has 2 heterocycles. The third-order valence-corrected chi connectivity index (χ3v) is 3.86. The number of aryl methyl sites for hydroxylation is 1. The number of thiazole rings is 1. The summed E-state index contributed by atoms with van der Waals surface area (Å²) < 4.78 is 10.4. The van der Waals surface area contributed by atoms with Crippen LogP contribution in [0.4, 0.5) is 0 Å². The number of rotatable bonds is 3. The van der Waals surface area contributed by atoms with Crippen molar-refractivity contribution in [1.82, 2.24) is 10.1 Å². The molecule has 102 valence electrons. The number of nitrogens with zero attached hydrogens (tertiary/aromatic N) is 2. The van der Waals surface area contributed by atoms with Gasteiger partial charge in [-0.25, -0.2) is 4.98 Å². The molecule has 2 aromatic heterocycles. The normalized spacial score (nSPS) is 10.7. The molecule has 0 atom stereocenters. The largest absolute Gasteiger partial charge is 0.507 e. The first kappa shape index (κ1) is 12.7. The standard InChI is InChI=1S/C14H12N2O3S/c1-8-7-20-14(16-8)11-6-15-19-13(11)10-4-3-9(18-2)5-12(10)17/h3-7,17H,1-2H3. The fourth-order valence-electron chi connectivity index (χ4n) is 1.89. The summed E-state index contributed by atoms with van der Waals surface area (Å²) in [6.45, 7) is 1.93. The van der Waals surface area contributed by atoms with Crippen molar-refractivity contribution in [1.29, 1.82) is 0 Å². The second kappa shape index (κ2) is 4.97. The summed E-state index contributed by atoms with van der Waals surface area (Å²) in [4.78, 5) is 4.41. The van der Waals surface area contributed by atoms with Gasteiger partial charge in [0.05, 0.1) is 24.4 Å². The summed E-state index contributed by atoms with van der Waals surface area (Å²) in [6.07, 6.45) is 1.61. The van der Waals surface area contributed by atoms with Crippen LogP contribution < -0.4 is 4.74 Å². The Balaban J connectivity index is 2.10. The van der Waals surface area contributed by atoms with Gasteiger partial charge < -0.3 is 14.4 Å². The summed E-state index contributed by atoms with van der Waals surface area (Å²) in [6, 6.07) is 5.03. The lowest BCUT2D eigenvalue weighted by atomic mass is 10.1. The molecule has 5 nitrogen and oxygen atoms in total. The minimum atomic E-state index is 0.0793. The van der Waals surface area contributed by atoms with Crippen LogP contribution in [-0.4, -0.2) is 22.4 Å². The lowest BCUT2D eigenvalue weighted by Gasteiger charge is -2.05. The van der Waals surface area contributed by atoms with Gasteiger partial charge in [0.25, 0.3) is 0 Å². The van der Waals surface area contributed by atoms with Crippen LogP contribution in [0.3, 0.4) is 0 Å². The van der Waals surface area contributed by atoms with Gasteiger partial charge in [0.15, 0.2) is 5.76 Å². The highest BCUT2D eigenvalue weighted by atomic mass is 32.1. The summed E-state index contributed by atoms with van der Waals surface area (Å²) in [5.74, 6) is 1.16. The zero-order chi connectivity index (χ0) is 14.1. The zero-order valence-electron chi connectivity index (χ0n) is 11.0. The molecule has 1 N–H and O–H groups in total. The molecule has 20 heavy (non-hydrogen) atoms. The van der Waals surface area contributed by atoms with Crippen molar-refractivity contribution in [2.75, 3.05) is 7.11 Å². The molecule has 0 aliphatic heterocycles. The van der Waals surface area contributed by atoms with E-state index < -0.39 is 0 Å². The smallest absolute Gasteiger partial charge is 0.180 e. The number of benzene rings is 1. The second-order valence-electron chi connectivity index (χ2n) is 4.25. The van der Waals surface area contributed by atoms with E-state index in [1.165, 1.54) is 17.4 Å². The first-order valence-electron chi connectivity index (χ1n) is 5.93. The molecule has 0 bridgehead atoms. The number of phenols is 1. The summed E-state index contributed by atoms with van der Waals surface area (Å²) >= 11 is 1.51. The van der Waals surface area contributed by atoms with Crippen molar-refractivity contribution in [3.63, 3.8) is 0 Å². The average Bonchev–Trinajstić information content (AvgIpc) is 3.07. The Bertz CT molecular complexity index is 748. The minimum absolute atomic E-state index is 0.0793. The molecule has 0 unspecified atom stereocenters. The predicted octanol–water partition coefficient (Wildman–Crippen LogP) is 3.49. The van der Waals surface area contributed by atoms with Gasteiger partial charge in [-0.3, -0.25) is 0 Å². The van der Waals surface area contributed by atoms with Gasteiger partial charge in [0, 0.05) is 17.1 Å². The molecule has 0 amide bonds. The van der Waals surface area contributed by atoms with E-state index in [0.717, 1.165) is 16.3 Å². The van der Waals surface area contributed by atoms with Crippen molar-refractivity contribution in [3.05, 3.63) is 35.5 Å². The lowest BCUT2D eigenvalue weighted by molar-refractivity contribution is 0.405. The maximum absolute atomic E-state index is 10.1. The summed E-state index contributed by atoms with van der Waals surface area (Å²) in [5, 5.41) is 16.7. The highest BCUT2D eigenvalue weighted by Gasteiger charge is 2.18. The second-order valence-corrected chi connectivity index (χ2v) is 5.10. The molecule has 6 heteroatoms. The molecule has 1 aromatic carbocycles. The number of phenolic OH excluding ortho intramolecular Hbond substituents is 1. The summed E-state index contributed by atoms with van der Waals surface area (Å²) in [5.41, 5.74) is 2.27. The van der Waals surface area contributed by atoms with Crippen LogP contribution in [0.15, 0.2) is 34.3 Å². The maximum Gasteiger partial charge on any atom is 0.180 e. The molecule has 0 fully saturated rings. The third kappa shape index (κ3) is 2.14. The quantitative estimate of drug-likeness (QED) is 0.799. The topological polar surface area (TPSA) is 68.4 Å². The number of methoxy groups -OCH3 is 1. The van der Waals surface area contributed by atoms with Gasteiger partial charge in [0.2, 0.25) is 0 Å². The van der Waals surface area contributed by atoms with E-state index in [2.05, 4.69) is 10.1 Å². The zero-order valence-corrected chi connectivity index (χ0v) is 11.8. The van der Waals surface area contributed by atoms with Gasteiger partial charge in [-0.1, -0.05) is 5.16 Å². The predicted molar refractivity (Wildman–Crippen MR) is 76.0 cm³/mol. The van der Waals surface area contributed by atoms with Gasteiger partial charge in [0.1, 0.15) is 16.5 Å². The highest BCUT2D eigenvalue weighted by molar-refractivity contribution is 7.13. The molecule has 0 aliphatic carbocycles. The monoisotopic (exact) mass is 288 g/mol. The van der Waals surface area contributed by atoms with E-state index in [-0.39, 0.29) is 5.75 Å². The molecule has 0 aliphatic rings.